The molecule has 0 aromatic heterocycles. The molecule has 1 aliphatic rings. The molecule has 1 fully saturated rings. The highest BCUT2D eigenvalue weighted by atomic mass is 16.5. The third-order valence-electron chi connectivity index (χ3n) is 2.66. The van der Waals surface area contributed by atoms with Crippen LogP contribution in [0.5, 0.6) is 0 Å². The molecule has 0 aromatic rings. The second-order valence-corrected chi connectivity index (χ2v) is 4.08. The molecule has 2 nitrogen and oxygen atoms in total. The second-order valence-electron chi connectivity index (χ2n) is 4.08. The van der Waals surface area contributed by atoms with E-state index in [0.29, 0.717) is 12.0 Å². The standard InChI is InChI=1S/C11H21NO/c1-9(2)10(3)8-12-11-4-6-13-7-5-11/h9,11-12H,3-8H2,1-2H3. The summed E-state index contributed by atoms with van der Waals surface area (Å²) in [6.45, 7) is 11.2. The molecule has 0 radical (unpaired) electrons. The topological polar surface area (TPSA) is 21.3 Å². The summed E-state index contributed by atoms with van der Waals surface area (Å²) in [5, 5.41) is 3.52. The van der Waals surface area contributed by atoms with E-state index in [0.717, 1.165) is 32.6 Å². The van der Waals surface area contributed by atoms with E-state index in [4.69, 9.17) is 4.74 Å². The molecule has 0 bridgehead atoms. The Hall–Kier alpha value is -0.340. The van der Waals surface area contributed by atoms with Gasteiger partial charge in [-0.05, 0) is 18.8 Å². The molecule has 1 N–H and O–H groups in total. The van der Waals surface area contributed by atoms with E-state index < -0.39 is 0 Å². The van der Waals surface area contributed by atoms with Crippen molar-refractivity contribution in [1.82, 2.24) is 5.32 Å². The highest BCUT2D eigenvalue weighted by Gasteiger charge is 2.13. The molecule has 0 amide bonds. The lowest BCUT2D eigenvalue weighted by Crippen LogP contribution is -2.36. The van der Waals surface area contributed by atoms with Gasteiger partial charge in [0.25, 0.3) is 0 Å². The maximum atomic E-state index is 5.29. The molecule has 0 saturated carbocycles. The maximum absolute atomic E-state index is 5.29. The average Bonchev–Trinajstić information content (AvgIpc) is 2.15. The molecule has 1 rings (SSSR count). The van der Waals surface area contributed by atoms with Crippen molar-refractivity contribution in [2.24, 2.45) is 5.92 Å². The minimum Gasteiger partial charge on any atom is -0.381 e. The smallest absolute Gasteiger partial charge is 0.0480 e. The van der Waals surface area contributed by atoms with Crippen LogP contribution in [-0.2, 0) is 4.74 Å². The summed E-state index contributed by atoms with van der Waals surface area (Å²) in [5.74, 6) is 0.590. The molecule has 13 heavy (non-hydrogen) atoms. The Morgan fingerprint density at radius 1 is 1.46 bits per heavy atom. The van der Waals surface area contributed by atoms with Crippen molar-refractivity contribution in [3.05, 3.63) is 12.2 Å². The van der Waals surface area contributed by atoms with Gasteiger partial charge in [0.1, 0.15) is 0 Å². The van der Waals surface area contributed by atoms with Gasteiger partial charge in [-0.2, -0.15) is 0 Å². The molecule has 1 heterocycles. The van der Waals surface area contributed by atoms with Crippen LogP contribution in [-0.4, -0.2) is 25.8 Å². The zero-order valence-corrected chi connectivity index (χ0v) is 8.81. The Balaban J connectivity index is 2.13. The molecule has 1 saturated heterocycles. The summed E-state index contributed by atoms with van der Waals surface area (Å²) in [7, 11) is 0. The quantitative estimate of drug-likeness (QED) is 0.673. The lowest BCUT2D eigenvalue weighted by molar-refractivity contribution is 0.0786. The lowest BCUT2D eigenvalue weighted by Gasteiger charge is -2.24. The molecule has 0 aromatic carbocycles. The van der Waals surface area contributed by atoms with E-state index in [1.165, 1.54) is 5.57 Å². The van der Waals surface area contributed by atoms with Crippen LogP contribution in [0.2, 0.25) is 0 Å². The fourth-order valence-corrected chi connectivity index (χ4v) is 1.38. The van der Waals surface area contributed by atoms with Crippen molar-refractivity contribution in [1.29, 1.82) is 0 Å². The van der Waals surface area contributed by atoms with Crippen molar-refractivity contribution >= 4 is 0 Å². The zero-order valence-electron chi connectivity index (χ0n) is 8.81. The van der Waals surface area contributed by atoms with Crippen LogP contribution in [0.3, 0.4) is 0 Å². The van der Waals surface area contributed by atoms with Crippen molar-refractivity contribution < 1.29 is 4.74 Å². The molecular formula is C11H21NO. The van der Waals surface area contributed by atoms with Crippen LogP contribution in [0.4, 0.5) is 0 Å². The fourth-order valence-electron chi connectivity index (χ4n) is 1.38. The second kappa shape index (κ2) is 5.40. The Kier molecular flexibility index (Phi) is 4.46. The highest BCUT2D eigenvalue weighted by Crippen LogP contribution is 2.09. The van der Waals surface area contributed by atoms with Gasteiger partial charge in [0, 0.05) is 25.8 Å². The van der Waals surface area contributed by atoms with Crippen LogP contribution in [0.25, 0.3) is 0 Å². The lowest BCUT2D eigenvalue weighted by atomic mass is 10.0. The fraction of sp³-hybridized carbons (Fsp3) is 0.818. The summed E-state index contributed by atoms with van der Waals surface area (Å²) in [4.78, 5) is 0. The van der Waals surface area contributed by atoms with Gasteiger partial charge in [0.2, 0.25) is 0 Å². The Labute approximate surface area is 81.4 Å². The first-order valence-corrected chi connectivity index (χ1v) is 5.19. The van der Waals surface area contributed by atoms with Crippen molar-refractivity contribution in [3.8, 4) is 0 Å². The monoisotopic (exact) mass is 183 g/mol. The average molecular weight is 183 g/mol. The van der Waals surface area contributed by atoms with Gasteiger partial charge in [0.15, 0.2) is 0 Å². The van der Waals surface area contributed by atoms with Crippen LogP contribution in [0.15, 0.2) is 12.2 Å². The van der Waals surface area contributed by atoms with Gasteiger partial charge in [-0.15, -0.1) is 0 Å². The van der Waals surface area contributed by atoms with E-state index in [1.54, 1.807) is 0 Å². The number of hydrogen-bond acceptors (Lipinski definition) is 2. The largest absolute Gasteiger partial charge is 0.381 e. The van der Waals surface area contributed by atoms with E-state index in [-0.39, 0.29) is 0 Å². The molecule has 2 heteroatoms. The third-order valence-corrected chi connectivity index (χ3v) is 2.66. The van der Waals surface area contributed by atoms with Crippen LogP contribution in [0.1, 0.15) is 26.7 Å². The molecular weight excluding hydrogens is 162 g/mol. The number of hydrogen-bond donors (Lipinski definition) is 1. The van der Waals surface area contributed by atoms with Gasteiger partial charge in [-0.25, -0.2) is 0 Å². The minimum absolute atomic E-state index is 0.590. The van der Waals surface area contributed by atoms with Crippen LogP contribution >= 0.6 is 0 Å². The summed E-state index contributed by atoms with van der Waals surface area (Å²) < 4.78 is 5.29. The number of nitrogens with one attached hydrogen (secondary N) is 1. The van der Waals surface area contributed by atoms with Crippen molar-refractivity contribution in [2.45, 2.75) is 32.7 Å². The summed E-state index contributed by atoms with van der Waals surface area (Å²) in [5.41, 5.74) is 1.30. The van der Waals surface area contributed by atoms with E-state index in [2.05, 4.69) is 25.7 Å². The number of ether oxygens (including phenoxy) is 1. The predicted octanol–water partition coefficient (Wildman–Crippen LogP) is 1.97. The predicted molar refractivity (Wildman–Crippen MR) is 55.8 cm³/mol. The normalized spacial score (nSPS) is 19.3. The Morgan fingerprint density at radius 2 is 2.08 bits per heavy atom. The third kappa shape index (κ3) is 3.92. The van der Waals surface area contributed by atoms with Gasteiger partial charge in [-0.3, -0.25) is 0 Å². The first kappa shape index (κ1) is 10.7. The highest BCUT2D eigenvalue weighted by molar-refractivity contribution is 5.00. The van der Waals surface area contributed by atoms with E-state index in [1.807, 2.05) is 0 Å². The van der Waals surface area contributed by atoms with Crippen molar-refractivity contribution in [2.75, 3.05) is 19.8 Å². The van der Waals surface area contributed by atoms with E-state index in [9.17, 15) is 0 Å². The Morgan fingerprint density at radius 3 is 2.62 bits per heavy atom. The number of rotatable bonds is 4. The van der Waals surface area contributed by atoms with Crippen molar-refractivity contribution in [3.63, 3.8) is 0 Å². The minimum atomic E-state index is 0.590. The zero-order chi connectivity index (χ0) is 9.68. The van der Waals surface area contributed by atoms with Gasteiger partial charge in [-0.1, -0.05) is 26.0 Å². The van der Waals surface area contributed by atoms with Crippen LogP contribution < -0.4 is 5.32 Å². The molecule has 0 unspecified atom stereocenters. The Bertz CT molecular complexity index is 159. The first-order chi connectivity index (χ1) is 6.20. The maximum Gasteiger partial charge on any atom is 0.0480 e. The SMILES string of the molecule is C=C(CNC1CCOCC1)C(C)C. The van der Waals surface area contributed by atoms with Gasteiger partial charge >= 0.3 is 0 Å². The van der Waals surface area contributed by atoms with Gasteiger partial charge in [0.05, 0.1) is 0 Å². The molecule has 1 aliphatic heterocycles. The molecule has 0 aliphatic carbocycles. The summed E-state index contributed by atoms with van der Waals surface area (Å²) in [6, 6.07) is 0.643. The van der Waals surface area contributed by atoms with E-state index >= 15 is 0 Å². The molecule has 0 spiro atoms. The van der Waals surface area contributed by atoms with Gasteiger partial charge < -0.3 is 10.1 Å². The first-order valence-electron chi connectivity index (χ1n) is 5.19. The van der Waals surface area contributed by atoms with Crippen LogP contribution in [0, 0.1) is 5.92 Å². The molecule has 0 atom stereocenters. The molecule has 76 valence electrons. The summed E-state index contributed by atoms with van der Waals surface area (Å²) >= 11 is 0. The summed E-state index contributed by atoms with van der Waals surface area (Å²) in [6.07, 6.45) is 2.29.